The molecule has 2 heterocycles. The summed E-state index contributed by atoms with van der Waals surface area (Å²) < 4.78 is 7.76. The molecule has 5 rings (SSSR count). The molecule has 162 valence electrons. The van der Waals surface area contributed by atoms with Gasteiger partial charge in [0.25, 0.3) is 0 Å². The molecule has 1 aliphatic rings. The van der Waals surface area contributed by atoms with Crippen LogP contribution in [0.25, 0.3) is 22.3 Å². The Morgan fingerprint density at radius 2 is 1.78 bits per heavy atom. The van der Waals surface area contributed by atoms with E-state index in [-0.39, 0.29) is 17.9 Å². The molecule has 1 aliphatic carbocycles. The number of carbonyl (C=O) groups excluding carboxylic acids is 1. The van der Waals surface area contributed by atoms with Gasteiger partial charge in [-0.1, -0.05) is 18.2 Å². The van der Waals surface area contributed by atoms with Gasteiger partial charge in [-0.2, -0.15) is 5.10 Å². The van der Waals surface area contributed by atoms with Gasteiger partial charge in [0, 0.05) is 18.5 Å². The van der Waals surface area contributed by atoms with Crippen molar-refractivity contribution in [2.45, 2.75) is 18.9 Å². The SMILES string of the molecule is CNNC(=O)C1CC(n2nc(-c3ccc(Oc4ccccc4)cc3)c3c(N)ncnc32)C1. The zero-order valence-corrected chi connectivity index (χ0v) is 17.5. The highest BCUT2D eigenvalue weighted by atomic mass is 16.5. The molecule has 2 aromatic carbocycles. The number of anilines is 1. The molecule has 1 fully saturated rings. The molecule has 2 aromatic heterocycles. The highest BCUT2D eigenvalue weighted by Crippen LogP contribution is 2.41. The summed E-state index contributed by atoms with van der Waals surface area (Å²) in [6.07, 6.45) is 2.83. The molecular formula is C23H23N7O2. The van der Waals surface area contributed by atoms with Crippen molar-refractivity contribution >= 4 is 22.8 Å². The number of para-hydroxylation sites is 1. The van der Waals surface area contributed by atoms with Crippen molar-refractivity contribution in [1.29, 1.82) is 0 Å². The molecule has 0 bridgehead atoms. The van der Waals surface area contributed by atoms with Crippen LogP contribution in [0.1, 0.15) is 18.9 Å². The molecular weight excluding hydrogens is 406 g/mol. The van der Waals surface area contributed by atoms with Gasteiger partial charge in [-0.3, -0.25) is 10.2 Å². The van der Waals surface area contributed by atoms with Gasteiger partial charge in [0.2, 0.25) is 5.91 Å². The van der Waals surface area contributed by atoms with E-state index in [0.717, 1.165) is 17.1 Å². The van der Waals surface area contributed by atoms with Crippen LogP contribution in [0.4, 0.5) is 5.82 Å². The second-order valence-electron chi connectivity index (χ2n) is 7.75. The Morgan fingerprint density at radius 3 is 2.50 bits per heavy atom. The number of hydrogen-bond acceptors (Lipinski definition) is 7. The molecule has 0 radical (unpaired) electrons. The quantitative estimate of drug-likeness (QED) is 0.403. The Labute approximate surface area is 184 Å². The van der Waals surface area contributed by atoms with E-state index in [2.05, 4.69) is 20.8 Å². The lowest BCUT2D eigenvalue weighted by atomic mass is 9.80. The van der Waals surface area contributed by atoms with Crippen molar-refractivity contribution in [2.75, 3.05) is 12.8 Å². The van der Waals surface area contributed by atoms with Crippen molar-refractivity contribution in [2.24, 2.45) is 5.92 Å². The molecule has 9 nitrogen and oxygen atoms in total. The topological polar surface area (TPSA) is 120 Å². The first-order valence-electron chi connectivity index (χ1n) is 10.4. The van der Waals surface area contributed by atoms with Gasteiger partial charge in [-0.15, -0.1) is 0 Å². The number of benzene rings is 2. The number of nitrogens with one attached hydrogen (secondary N) is 2. The van der Waals surface area contributed by atoms with Crippen molar-refractivity contribution < 1.29 is 9.53 Å². The minimum absolute atomic E-state index is 0.0106. The van der Waals surface area contributed by atoms with Crippen molar-refractivity contribution in [1.82, 2.24) is 30.6 Å². The van der Waals surface area contributed by atoms with Gasteiger partial charge < -0.3 is 10.5 Å². The number of nitrogens with two attached hydrogens (primary N) is 1. The monoisotopic (exact) mass is 429 g/mol. The van der Waals surface area contributed by atoms with E-state index in [9.17, 15) is 4.79 Å². The summed E-state index contributed by atoms with van der Waals surface area (Å²) in [5.41, 5.74) is 13.8. The second-order valence-corrected chi connectivity index (χ2v) is 7.75. The van der Waals surface area contributed by atoms with E-state index in [1.54, 1.807) is 7.05 Å². The normalized spacial score (nSPS) is 17.7. The van der Waals surface area contributed by atoms with E-state index in [0.29, 0.717) is 35.4 Å². The Morgan fingerprint density at radius 1 is 1.06 bits per heavy atom. The Hall–Kier alpha value is -3.98. The van der Waals surface area contributed by atoms with Crippen LogP contribution >= 0.6 is 0 Å². The third-order valence-electron chi connectivity index (χ3n) is 5.70. The Kier molecular flexibility index (Phi) is 5.16. The number of hydrogen-bond donors (Lipinski definition) is 3. The maximum atomic E-state index is 12.0. The van der Waals surface area contributed by atoms with E-state index < -0.39 is 0 Å². The molecule has 4 aromatic rings. The molecule has 0 unspecified atom stereocenters. The fourth-order valence-electron chi connectivity index (χ4n) is 3.98. The first kappa shape index (κ1) is 20.0. The average Bonchev–Trinajstić information content (AvgIpc) is 3.15. The number of nitrogens with zero attached hydrogens (tertiary/aromatic N) is 4. The first-order chi connectivity index (χ1) is 15.6. The van der Waals surface area contributed by atoms with Crippen molar-refractivity contribution in [3.05, 3.63) is 60.9 Å². The number of rotatable bonds is 6. The number of aromatic nitrogens is 4. The molecule has 0 saturated heterocycles. The lowest BCUT2D eigenvalue weighted by Crippen LogP contribution is -2.44. The fraction of sp³-hybridized carbons (Fsp3) is 0.217. The van der Waals surface area contributed by atoms with Crippen molar-refractivity contribution in [3.8, 4) is 22.8 Å². The van der Waals surface area contributed by atoms with E-state index >= 15 is 0 Å². The van der Waals surface area contributed by atoms with Gasteiger partial charge in [-0.25, -0.2) is 20.1 Å². The van der Waals surface area contributed by atoms with E-state index in [1.807, 2.05) is 59.3 Å². The third-order valence-corrected chi connectivity index (χ3v) is 5.70. The average molecular weight is 429 g/mol. The second kappa shape index (κ2) is 8.27. The smallest absolute Gasteiger partial charge is 0.237 e. The lowest BCUT2D eigenvalue weighted by Gasteiger charge is -2.34. The Bertz CT molecular complexity index is 1250. The number of amides is 1. The molecule has 0 atom stereocenters. The van der Waals surface area contributed by atoms with E-state index in [4.69, 9.17) is 15.6 Å². The summed E-state index contributed by atoms with van der Waals surface area (Å²) in [6, 6.07) is 17.4. The summed E-state index contributed by atoms with van der Waals surface area (Å²) in [4.78, 5) is 20.7. The molecule has 4 N–H and O–H groups in total. The molecule has 9 heteroatoms. The maximum absolute atomic E-state index is 12.0. The molecule has 32 heavy (non-hydrogen) atoms. The van der Waals surface area contributed by atoms with Crippen LogP contribution in [0, 0.1) is 5.92 Å². The lowest BCUT2D eigenvalue weighted by molar-refractivity contribution is -0.129. The fourth-order valence-corrected chi connectivity index (χ4v) is 3.98. The number of nitrogen functional groups attached to an aromatic ring is 1. The van der Waals surface area contributed by atoms with Gasteiger partial charge >= 0.3 is 0 Å². The van der Waals surface area contributed by atoms with E-state index in [1.165, 1.54) is 6.33 Å². The number of carbonyl (C=O) groups is 1. The molecule has 1 amide bonds. The predicted octanol–water partition coefficient (Wildman–Crippen LogP) is 3.07. The third kappa shape index (κ3) is 3.63. The standard InChI is InChI=1S/C23H23N7O2/c1-25-28-23(31)15-11-16(12-15)30-22-19(21(24)26-13-27-22)20(29-30)14-7-9-18(10-8-14)32-17-5-3-2-4-6-17/h2-10,13,15-16,25H,11-12H2,1H3,(H,28,31)(H2,24,26,27). The van der Waals surface area contributed by atoms with Crippen LogP contribution in [0.5, 0.6) is 11.5 Å². The van der Waals surface area contributed by atoms with Crippen molar-refractivity contribution in [3.63, 3.8) is 0 Å². The largest absolute Gasteiger partial charge is 0.457 e. The predicted molar refractivity (Wildman–Crippen MR) is 121 cm³/mol. The van der Waals surface area contributed by atoms with Crippen LogP contribution in [0.15, 0.2) is 60.9 Å². The van der Waals surface area contributed by atoms with Gasteiger partial charge in [0.15, 0.2) is 5.65 Å². The minimum Gasteiger partial charge on any atom is -0.457 e. The zero-order valence-electron chi connectivity index (χ0n) is 17.5. The number of hydrazine groups is 1. The first-order valence-corrected chi connectivity index (χ1v) is 10.4. The maximum Gasteiger partial charge on any atom is 0.237 e. The zero-order chi connectivity index (χ0) is 22.1. The van der Waals surface area contributed by atoms with Crippen LogP contribution < -0.4 is 21.3 Å². The summed E-state index contributed by atoms with van der Waals surface area (Å²) in [6.45, 7) is 0. The van der Waals surface area contributed by atoms with Crippen LogP contribution in [0.3, 0.4) is 0 Å². The number of ether oxygens (including phenoxy) is 1. The Balaban J connectivity index is 1.44. The summed E-state index contributed by atoms with van der Waals surface area (Å²) >= 11 is 0. The summed E-state index contributed by atoms with van der Waals surface area (Å²) in [5.74, 6) is 1.82. The highest BCUT2D eigenvalue weighted by molar-refractivity contribution is 5.98. The highest BCUT2D eigenvalue weighted by Gasteiger charge is 2.37. The van der Waals surface area contributed by atoms with Gasteiger partial charge in [0.1, 0.15) is 29.3 Å². The van der Waals surface area contributed by atoms with Crippen LogP contribution in [-0.4, -0.2) is 32.7 Å². The molecule has 1 saturated carbocycles. The number of fused-ring (bicyclic) bond motifs is 1. The summed E-state index contributed by atoms with van der Waals surface area (Å²) in [5, 5.41) is 5.56. The van der Waals surface area contributed by atoms with Gasteiger partial charge in [-0.05, 0) is 49.2 Å². The molecule has 0 spiro atoms. The van der Waals surface area contributed by atoms with Crippen LogP contribution in [-0.2, 0) is 4.79 Å². The molecule has 0 aliphatic heterocycles. The minimum atomic E-state index is -0.0521. The van der Waals surface area contributed by atoms with Crippen LogP contribution in [0.2, 0.25) is 0 Å². The van der Waals surface area contributed by atoms with Gasteiger partial charge in [0.05, 0.1) is 11.4 Å². The summed E-state index contributed by atoms with van der Waals surface area (Å²) in [7, 11) is 1.68.